The van der Waals surface area contributed by atoms with Crippen molar-refractivity contribution in [2.45, 2.75) is 11.3 Å². The van der Waals surface area contributed by atoms with E-state index in [9.17, 15) is 10.1 Å². The second-order valence-electron chi connectivity index (χ2n) is 4.07. The quantitative estimate of drug-likeness (QED) is 0.362. The van der Waals surface area contributed by atoms with Crippen molar-refractivity contribution in [3.63, 3.8) is 0 Å². The van der Waals surface area contributed by atoms with Crippen LogP contribution in [0.15, 0.2) is 41.6 Å². The maximum atomic E-state index is 10.6. The summed E-state index contributed by atoms with van der Waals surface area (Å²) in [7, 11) is 0. The summed E-state index contributed by atoms with van der Waals surface area (Å²) in [6.45, 7) is 0.752. The summed E-state index contributed by atoms with van der Waals surface area (Å²) in [5.41, 5.74) is 0.00671. The predicted octanol–water partition coefficient (Wildman–Crippen LogP) is 3.63. The van der Waals surface area contributed by atoms with Gasteiger partial charge in [-0.05, 0) is 24.3 Å². The van der Waals surface area contributed by atoms with Crippen LogP contribution in [0.25, 0.3) is 0 Å². The van der Waals surface area contributed by atoms with Crippen molar-refractivity contribution in [3.8, 4) is 0 Å². The van der Waals surface area contributed by atoms with E-state index in [4.69, 9.17) is 11.6 Å². The zero-order chi connectivity index (χ0) is 15.1. The normalized spacial score (nSPS) is 10.3. The van der Waals surface area contributed by atoms with Crippen molar-refractivity contribution < 1.29 is 4.92 Å². The summed E-state index contributed by atoms with van der Waals surface area (Å²) >= 11 is 7.59. The van der Waals surface area contributed by atoms with Crippen LogP contribution in [0.4, 0.5) is 11.6 Å². The third kappa shape index (κ3) is 4.87. The van der Waals surface area contributed by atoms with Gasteiger partial charge < -0.3 is 5.32 Å². The molecule has 1 aromatic carbocycles. The third-order valence-electron chi connectivity index (χ3n) is 2.55. The van der Waals surface area contributed by atoms with Crippen LogP contribution in [0.2, 0.25) is 5.02 Å². The second-order valence-corrected chi connectivity index (χ2v) is 5.62. The minimum Gasteiger partial charge on any atom is -0.354 e. The summed E-state index contributed by atoms with van der Waals surface area (Å²) in [4.78, 5) is 19.1. The minimum absolute atomic E-state index is 0.00671. The Morgan fingerprint density at radius 1 is 1.33 bits per heavy atom. The molecule has 2 rings (SSSR count). The van der Waals surface area contributed by atoms with Gasteiger partial charge in [0.05, 0.1) is 9.95 Å². The highest BCUT2D eigenvalue weighted by atomic mass is 35.5. The molecule has 0 unspecified atom stereocenters. The van der Waals surface area contributed by atoms with Gasteiger partial charge >= 0.3 is 0 Å². The zero-order valence-electron chi connectivity index (χ0n) is 11.0. The number of nitro groups is 1. The number of aromatic nitrogens is 2. The van der Waals surface area contributed by atoms with Gasteiger partial charge in [0, 0.05) is 36.0 Å². The Hall–Kier alpha value is -1.86. The highest BCUT2D eigenvalue weighted by molar-refractivity contribution is 7.99. The maximum absolute atomic E-state index is 10.6. The number of non-ortho nitro benzene ring substituents is 1. The van der Waals surface area contributed by atoms with Gasteiger partial charge in [0.25, 0.3) is 5.69 Å². The fourth-order valence-electron chi connectivity index (χ4n) is 1.57. The molecule has 6 nitrogen and oxygen atoms in total. The first-order chi connectivity index (χ1) is 10.2. The van der Waals surface area contributed by atoms with Crippen molar-refractivity contribution in [2.75, 3.05) is 17.6 Å². The molecule has 0 spiro atoms. The summed E-state index contributed by atoms with van der Waals surface area (Å²) in [6.07, 6.45) is 4.26. The van der Waals surface area contributed by atoms with Gasteiger partial charge in [-0.25, -0.2) is 9.97 Å². The third-order valence-corrected chi connectivity index (χ3v) is 4.14. The Morgan fingerprint density at radius 2 is 2.10 bits per heavy atom. The maximum Gasteiger partial charge on any atom is 0.270 e. The Bertz CT molecular complexity index is 612. The van der Waals surface area contributed by atoms with Gasteiger partial charge in [-0.1, -0.05) is 11.6 Å². The number of halogens is 1. The lowest BCUT2D eigenvalue weighted by atomic mass is 10.3. The number of nitrogens with one attached hydrogen (secondary N) is 1. The number of hydrogen-bond acceptors (Lipinski definition) is 6. The van der Waals surface area contributed by atoms with Gasteiger partial charge in [0.15, 0.2) is 0 Å². The Balaban J connectivity index is 1.75. The van der Waals surface area contributed by atoms with Crippen molar-refractivity contribution in [2.24, 2.45) is 0 Å². The monoisotopic (exact) mass is 324 g/mol. The van der Waals surface area contributed by atoms with Crippen molar-refractivity contribution in [3.05, 3.63) is 51.8 Å². The number of benzene rings is 1. The molecule has 8 heteroatoms. The van der Waals surface area contributed by atoms with E-state index in [1.54, 1.807) is 36.3 Å². The predicted molar refractivity (Wildman–Crippen MR) is 84.0 cm³/mol. The highest BCUT2D eigenvalue weighted by Crippen LogP contribution is 2.30. The van der Waals surface area contributed by atoms with Crippen LogP contribution < -0.4 is 5.32 Å². The lowest BCUT2D eigenvalue weighted by Gasteiger charge is -2.05. The molecule has 110 valence electrons. The van der Waals surface area contributed by atoms with E-state index in [0.717, 1.165) is 23.6 Å². The van der Waals surface area contributed by atoms with E-state index in [1.165, 1.54) is 12.1 Å². The van der Waals surface area contributed by atoms with Crippen molar-refractivity contribution in [1.82, 2.24) is 9.97 Å². The van der Waals surface area contributed by atoms with E-state index in [-0.39, 0.29) is 5.69 Å². The molecule has 1 aromatic heterocycles. The van der Waals surface area contributed by atoms with E-state index in [0.29, 0.717) is 11.0 Å². The van der Waals surface area contributed by atoms with Crippen LogP contribution in [0.5, 0.6) is 0 Å². The Morgan fingerprint density at radius 3 is 2.76 bits per heavy atom. The van der Waals surface area contributed by atoms with Crippen LogP contribution >= 0.6 is 23.4 Å². The number of anilines is 1. The smallest absolute Gasteiger partial charge is 0.270 e. The molecular formula is C13H13ClN4O2S. The van der Waals surface area contributed by atoms with E-state index < -0.39 is 4.92 Å². The van der Waals surface area contributed by atoms with Gasteiger partial charge in [-0.3, -0.25) is 10.1 Å². The number of hydrogen-bond donors (Lipinski definition) is 1. The number of rotatable bonds is 7. The fraction of sp³-hybridized carbons (Fsp3) is 0.231. The van der Waals surface area contributed by atoms with Gasteiger partial charge in [-0.2, -0.15) is 0 Å². The lowest BCUT2D eigenvalue weighted by molar-refractivity contribution is -0.384. The lowest BCUT2D eigenvalue weighted by Crippen LogP contribution is -2.05. The first-order valence-electron chi connectivity index (χ1n) is 6.24. The summed E-state index contributed by atoms with van der Waals surface area (Å²) in [6, 6.07) is 6.28. The molecule has 0 saturated carbocycles. The van der Waals surface area contributed by atoms with Gasteiger partial charge in [0.1, 0.15) is 0 Å². The molecule has 0 bridgehead atoms. The standard InChI is InChI=1S/C13H13ClN4O2S/c14-11-9-10(18(19)20)3-4-12(11)21-8-2-7-17-13-15-5-1-6-16-13/h1,3-6,9H,2,7-8H2,(H,15,16,17). The van der Waals surface area contributed by atoms with Crippen molar-refractivity contribution >= 4 is 35.0 Å². The van der Waals surface area contributed by atoms with E-state index >= 15 is 0 Å². The fourth-order valence-corrected chi connectivity index (χ4v) is 2.77. The molecular weight excluding hydrogens is 312 g/mol. The van der Waals surface area contributed by atoms with Crippen LogP contribution in [0.1, 0.15) is 6.42 Å². The SMILES string of the molecule is O=[N+]([O-])c1ccc(SCCCNc2ncccn2)c(Cl)c1. The molecule has 1 N–H and O–H groups in total. The summed E-state index contributed by atoms with van der Waals surface area (Å²) in [5, 5.41) is 14.1. The van der Waals surface area contributed by atoms with Crippen LogP contribution in [0.3, 0.4) is 0 Å². The number of thioether (sulfide) groups is 1. The van der Waals surface area contributed by atoms with Crippen LogP contribution in [0, 0.1) is 10.1 Å². The first-order valence-corrected chi connectivity index (χ1v) is 7.61. The topological polar surface area (TPSA) is 81.0 Å². The Kier molecular flexibility index (Phi) is 5.77. The van der Waals surface area contributed by atoms with Gasteiger partial charge in [-0.15, -0.1) is 11.8 Å². The molecule has 0 radical (unpaired) electrons. The van der Waals surface area contributed by atoms with Crippen LogP contribution in [-0.2, 0) is 0 Å². The van der Waals surface area contributed by atoms with E-state index in [1.807, 2.05) is 0 Å². The number of nitrogens with zero attached hydrogens (tertiary/aromatic N) is 3. The van der Waals surface area contributed by atoms with E-state index in [2.05, 4.69) is 15.3 Å². The minimum atomic E-state index is -0.454. The molecule has 0 atom stereocenters. The summed E-state index contributed by atoms with van der Waals surface area (Å²) in [5.74, 6) is 1.45. The molecule has 0 fully saturated rings. The van der Waals surface area contributed by atoms with Crippen molar-refractivity contribution in [1.29, 1.82) is 0 Å². The molecule has 0 amide bonds. The average Bonchev–Trinajstić information content (AvgIpc) is 2.49. The molecule has 0 aliphatic carbocycles. The highest BCUT2D eigenvalue weighted by Gasteiger charge is 2.09. The molecule has 1 heterocycles. The second kappa shape index (κ2) is 7.80. The largest absolute Gasteiger partial charge is 0.354 e. The molecule has 2 aromatic rings. The van der Waals surface area contributed by atoms with Gasteiger partial charge in [0.2, 0.25) is 5.95 Å². The zero-order valence-corrected chi connectivity index (χ0v) is 12.6. The molecule has 0 aliphatic rings. The summed E-state index contributed by atoms with van der Waals surface area (Å²) < 4.78 is 0. The molecule has 0 aliphatic heterocycles. The Labute approximate surface area is 131 Å². The number of nitro benzene ring substituents is 1. The average molecular weight is 325 g/mol. The molecule has 0 saturated heterocycles. The van der Waals surface area contributed by atoms with Crippen LogP contribution in [-0.4, -0.2) is 27.2 Å². The molecule has 21 heavy (non-hydrogen) atoms. The first kappa shape index (κ1) is 15.5.